The van der Waals surface area contributed by atoms with Gasteiger partial charge in [-0.05, 0) is 12.1 Å². The van der Waals surface area contributed by atoms with Gasteiger partial charge in [-0.25, -0.2) is 0 Å². The summed E-state index contributed by atoms with van der Waals surface area (Å²) < 4.78 is 5.07. The average molecular weight is 302 g/mol. The van der Waals surface area contributed by atoms with Crippen molar-refractivity contribution in [2.45, 2.75) is 0 Å². The van der Waals surface area contributed by atoms with Crippen molar-refractivity contribution in [3.63, 3.8) is 0 Å². The first-order valence-corrected chi connectivity index (χ1v) is 4.35. The molecular weight excluding hydrogens is 290 g/mol. The van der Waals surface area contributed by atoms with Crippen LogP contribution in [-0.2, 0) is 0 Å². The molecule has 0 amide bonds. The largest absolute Gasteiger partial charge is 0.497 e. The molecule has 92 valence electrons. The lowest BCUT2D eigenvalue weighted by Crippen LogP contribution is -2.03. The van der Waals surface area contributed by atoms with E-state index in [0.717, 1.165) is 6.29 Å². The van der Waals surface area contributed by atoms with E-state index in [9.17, 15) is 4.79 Å². The van der Waals surface area contributed by atoms with Crippen molar-refractivity contribution in [3.8, 4) is 11.4 Å². The summed E-state index contributed by atoms with van der Waals surface area (Å²) in [5, 5.41) is 7.92. The Morgan fingerprint density at radius 3 is 2.47 bits per heavy atom. The quantitative estimate of drug-likeness (QED) is 0.786. The minimum Gasteiger partial charge on any atom is -0.497 e. The van der Waals surface area contributed by atoms with Crippen molar-refractivity contribution in [1.29, 1.82) is 0 Å². The lowest BCUT2D eigenvalue weighted by atomic mass is 10.2. The Labute approximate surface area is 108 Å². The van der Waals surface area contributed by atoms with Crippen LogP contribution in [0.1, 0.15) is 10.4 Å². The van der Waals surface area contributed by atoms with E-state index in [0.29, 0.717) is 17.0 Å². The number of carbonyl (C=O) groups excluding carboxylic acids is 1. The summed E-state index contributed by atoms with van der Waals surface area (Å²) in [5.41, 5.74) is 1.13. The van der Waals surface area contributed by atoms with Gasteiger partial charge in [-0.2, -0.15) is 15.0 Å². The third-order valence-corrected chi connectivity index (χ3v) is 2.00. The molecule has 0 aliphatic heterocycles. The topological polar surface area (TPSA) is 88.5 Å². The third kappa shape index (κ3) is 3.11. The standard InChI is InChI=1S/C10H9N3O2.BrH.H2O/c1-15-9-3-2-8(7-14)10(6-9)13-11-4-5-12-13;;/h2-7H,1H3;1H;1H2. The number of rotatable bonds is 3. The maximum absolute atomic E-state index is 10.8. The Morgan fingerprint density at radius 2 is 1.94 bits per heavy atom. The maximum atomic E-state index is 10.8. The molecule has 0 fully saturated rings. The summed E-state index contributed by atoms with van der Waals surface area (Å²) in [6, 6.07) is 5.10. The van der Waals surface area contributed by atoms with Gasteiger partial charge in [0.05, 0.1) is 25.2 Å². The van der Waals surface area contributed by atoms with Crippen LogP contribution < -0.4 is 4.74 Å². The molecule has 1 heterocycles. The minimum atomic E-state index is 0. The van der Waals surface area contributed by atoms with Crippen LogP contribution in [0.15, 0.2) is 30.6 Å². The Hall–Kier alpha value is -1.73. The van der Waals surface area contributed by atoms with Crippen LogP contribution in [0.25, 0.3) is 5.69 Å². The van der Waals surface area contributed by atoms with Crippen LogP contribution >= 0.6 is 17.0 Å². The molecular formula is C10H12BrN3O3. The Bertz CT molecular complexity index is 474. The SMILES string of the molecule is Br.COc1ccc(C=O)c(-n2nccn2)c1.O. The van der Waals surface area contributed by atoms with Gasteiger partial charge >= 0.3 is 0 Å². The summed E-state index contributed by atoms with van der Waals surface area (Å²) in [6.45, 7) is 0. The number of halogens is 1. The third-order valence-electron chi connectivity index (χ3n) is 2.00. The lowest BCUT2D eigenvalue weighted by Gasteiger charge is -2.05. The highest BCUT2D eigenvalue weighted by atomic mass is 79.9. The molecule has 2 rings (SSSR count). The zero-order valence-electron chi connectivity index (χ0n) is 9.03. The summed E-state index contributed by atoms with van der Waals surface area (Å²) in [7, 11) is 1.57. The highest BCUT2D eigenvalue weighted by Gasteiger charge is 2.06. The number of benzene rings is 1. The predicted molar refractivity (Wildman–Crippen MR) is 67.2 cm³/mol. The fraction of sp³-hybridized carbons (Fsp3) is 0.100. The van der Waals surface area contributed by atoms with E-state index in [4.69, 9.17) is 4.74 Å². The van der Waals surface area contributed by atoms with Crippen LogP contribution in [0.5, 0.6) is 5.75 Å². The van der Waals surface area contributed by atoms with Gasteiger partial charge in [-0.1, -0.05) is 0 Å². The number of carbonyl (C=O) groups is 1. The predicted octanol–water partition coefficient (Wildman–Crippen LogP) is 0.842. The van der Waals surface area contributed by atoms with Crippen molar-refractivity contribution in [3.05, 3.63) is 36.2 Å². The average Bonchev–Trinajstić information content (AvgIpc) is 2.81. The first-order valence-electron chi connectivity index (χ1n) is 4.35. The molecule has 6 nitrogen and oxygen atoms in total. The van der Waals surface area contributed by atoms with Crippen LogP contribution in [0.3, 0.4) is 0 Å². The molecule has 2 N–H and O–H groups in total. The molecule has 2 aromatic rings. The molecule has 0 spiro atoms. The number of aromatic nitrogens is 3. The zero-order chi connectivity index (χ0) is 10.7. The van der Waals surface area contributed by atoms with Crippen LogP contribution in [0, 0.1) is 0 Å². The molecule has 0 saturated heterocycles. The molecule has 0 saturated carbocycles. The highest BCUT2D eigenvalue weighted by molar-refractivity contribution is 8.93. The van der Waals surface area contributed by atoms with Gasteiger partial charge in [0.2, 0.25) is 0 Å². The van der Waals surface area contributed by atoms with Gasteiger partial charge in [0, 0.05) is 11.6 Å². The smallest absolute Gasteiger partial charge is 0.152 e. The van der Waals surface area contributed by atoms with E-state index in [1.54, 1.807) is 37.7 Å². The van der Waals surface area contributed by atoms with E-state index in [1.165, 1.54) is 4.80 Å². The molecule has 1 aromatic carbocycles. The second-order valence-electron chi connectivity index (χ2n) is 2.86. The molecule has 0 atom stereocenters. The number of hydrogen-bond acceptors (Lipinski definition) is 4. The summed E-state index contributed by atoms with van der Waals surface area (Å²) >= 11 is 0. The Kier molecular flexibility index (Phi) is 6.08. The second-order valence-corrected chi connectivity index (χ2v) is 2.86. The maximum Gasteiger partial charge on any atom is 0.152 e. The molecule has 7 heteroatoms. The van der Waals surface area contributed by atoms with E-state index in [1.807, 2.05) is 0 Å². The summed E-state index contributed by atoms with van der Waals surface area (Å²) in [4.78, 5) is 12.2. The number of nitrogens with zero attached hydrogens (tertiary/aromatic N) is 3. The van der Waals surface area contributed by atoms with Crippen molar-refractivity contribution >= 4 is 23.3 Å². The minimum absolute atomic E-state index is 0. The van der Waals surface area contributed by atoms with E-state index in [-0.39, 0.29) is 22.5 Å². The van der Waals surface area contributed by atoms with Gasteiger partial charge in [0.15, 0.2) is 6.29 Å². The Balaban J connectivity index is 0.00000128. The molecule has 0 unspecified atom stereocenters. The second kappa shape index (κ2) is 6.77. The fourth-order valence-corrected chi connectivity index (χ4v) is 1.26. The molecule has 0 aliphatic carbocycles. The first-order chi connectivity index (χ1) is 7.35. The van der Waals surface area contributed by atoms with Gasteiger partial charge in [-0.3, -0.25) is 4.79 Å². The number of methoxy groups -OCH3 is 1. The molecule has 0 radical (unpaired) electrons. The van der Waals surface area contributed by atoms with Crippen molar-refractivity contribution in [1.82, 2.24) is 15.0 Å². The summed E-state index contributed by atoms with van der Waals surface area (Å²) in [6.07, 6.45) is 3.86. The van der Waals surface area contributed by atoms with Crippen molar-refractivity contribution in [2.24, 2.45) is 0 Å². The Morgan fingerprint density at radius 1 is 1.29 bits per heavy atom. The van der Waals surface area contributed by atoms with Gasteiger partial charge in [-0.15, -0.1) is 17.0 Å². The van der Waals surface area contributed by atoms with Gasteiger partial charge in [0.25, 0.3) is 0 Å². The first kappa shape index (κ1) is 15.3. The zero-order valence-corrected chi connectivity index (χ0v) is 10.7. The number of aldehydes is 1. The van der Waals surface area contributed by atoms with Crippen LogP contribution in [0.4, 0.5) is 0 Å². The van der Waals surface area contributed by atoms with E-state index < -0.39 is 0 Å². The van der Waals surface area contributed by atoms with Crippen molar-refractivity contribution < 1.29 is 15.0 Å². The summed E-state index contributed by atoms with van der Waals surface area (Å²) in [5.74, 6) is 0.660. The van der Waals surface area contributed by atoms with Gasteiger partial charge in [0.1, 0.15) is 5.75 Å². The van der Waals surface area contributed by atoms with Crippen molar-refractivity contribution in [2.75, 3.05) is 7.11 Å². The van der Waals surface area contributed by atoms with E-state index >= 15 is 0 Å². The lowest BCUT2D eigenvalue weighted by molar-refractivity contribution is 0.112. The molecule has 1 aromatic heterocycles. The molecule has 0 aliphatic rings. The van der Waals surface area contributed by atoms with E-state index in [2.05, 4.69) is 10.2 Å². The van der Waals surface area contributed by atoms with Gasteiger partial charge < -0.3 is 10.2 Å². The normalized spacial score (nSPS) is 8.76. The van der Waals surface area contributed by atoms with Crippen LogP contribution in [0.2, 0.25) is 0 Å². The highest BCUT2D eigenvalue weighted by Crippen LogP contribution is 2.18. The van der Waals surface area contributed by atoms with Crippen LogP contribution in [-0.4, -0.2) is 33.9 Å². The number of hydrogen-bond donors (Lipinski definition) is 0. The number of ether oxygens (including phenoxy) is 1. The monoisotopic (exact) mass is 301 g/mol. The fourth-order valence-electron chi connectivity index (χ4n) is 1.26. The molecule has 17 heavy (non-hydrogen) atoms. The molecule has 0 bridgehead atoms.